The fourth-order valence-corrected chi connectivity index (χ4v) is 3.13. The van der Waals surface area contributed by atoms with Crippen molar-refractivity contribution in [1.82, 2.24) is 15.4 Å². The van der Waals surface area contributed by atoms with Crippen molar-refractivity contribution in [2.24, 2.45) is 0 Å². The molecular weight excluding hydrogens is 452 g/mol. The minimum absolute atomic E-state index is 0.110. The standard InChI is InChI=1S/C20H19BrN6O3/c1-3-26(16-6-4-5-13(2)11-16)19-17(27(29)30)18(22-12-23-19)24-25-20(28)14-7-9-15(21)10-8-14/h4-12H,3H2,1-2H3,(H,25,28)(H,22,23,24). The molecule has 2 aromatic carbocycles. The van der Waals surface area contributed by atoms with E-state index in [2.05, 4.69) is 36.7 Å². The topological polar surface area (TPSA) is 113 Å². The highest BCUT2D eigenvalue weighted by Gasteiger charge is 2.27. The number of carbonyl (C=O) groups is 1. The summed E-state index contributed by atoms with van der Waals surface area (Å²) in [5.41, 5.74) is 6.84. The van der Waals surface area contributed by atoms with Crippen LogP contribution in [0.1, 0.15) is 22.8 Å². The molecule has 0 saturated carbocycles. The van der Waals surface area contributed by atoms with Crippen LogP contribution in [0.15, 0.2) is 59.3 Å². The van der Waals surface area contributed by atoms with Gasteiger partial charge in [-0.25, -0.2) is 9.97 Å². The molecule has 2 N–H and O–H groups in total. The number of benzene rings is 2. The Kier molecular flexibility index (Phi) is 6.58. The van der Waals surface area contributed by atoms with E-state index >= 15 is 0 Å². The van der Waals surface area contributed by atoms with E-state index in [9.17, 15) is 14.9 Å². The number of anilines is 3. The third-order valence-electron chi connectivity index (χ3n) is 4.27. The first kappa shape index (κ1) is 21.2. The maximum Gasteiger partial charge on any atom is 0.355 e. The average molecular weight is 471 g/mol. The highest BCUT2D eigenvalue weighted by Crippen LogP contribution is 2.35. The van der Waals surface area contributed by atoms with Crippen molar-refractivity contribution in [3.8, 4) is 0 Å². The molecule has 0 radical (unpaired) electrons. The molecular formula is C20H19BrN6O3. The van der Waals surface area contributed by atoms with Crippen LogP contribution in [0.2, 0.25) is 0 Å². The molecule has 0 spiro atoms. The van der Waals surface area contributed by atoms with Gasteiger partial charge < -0.3 is 4.90 Å². The first-order chi connectivity index (χ1) is 14.4. The van der Waals surface area contributed by atoms with Crippen LogP contribution in [0.25, 0.3) is 0 Å². The summed E-state index contributed by atoms with van der Waals surface area (Å²) < 4.78 is 0.832. The van der Waals surface area contributed by atoms with Crippen molar-refractivity contribution in [1.29, 1.82) is 0 Å². The van der Waals surface area contributed by atoms with Gasteiger partial charge in [0.15, 0.2) is 0 Å². The van der Waals surface area contributed by atoms with E-state index in [1.165, 1.54) is 6.33 Å². The predicted molar refractivity (Wildman–Crippen MR) is 118 cm³/mol. The lowest BCUT2D eigenvalue weighted by molar-refractivity contribution is -0.383. The second kappa shape index (κ2) is 9.31. The summed E-state index contributed by atoms with van der Waals surface area (Å²) in [4.78, 5) is 33.4. The first-order valence-electron chi connectivity index (χ1n) is 9.06. The van der Waals surface area contributed by atoms with Gasteiger partial charge in [-0.05, 0) is 55.8 Å². The number of nitrogens with zero attached hydrogens (tertiary/aromatic N) is 4. The van der Waals surface area contributed by atoms with E-state index in [0.29, 0.717) is 12.1 Å². The number of hydrogen-bond donors (Lipinski definition) is 2. The lowest BCUT2D eigenvalue weighted by atomic mass is 10.2. The Balaban J connectivity index is 1.91. The molecule has 0 aliphatic heterocycles. The van der Waals surface area contributed by atoms with Gasteiger partial charge in [-0.15, -0.1) is 0 Å². The molecule has 1 amide bonds. The van der Waals surface area contributed by atoms with Crippen LogP contribution in [-0.4, -0.2) is 27.3 Å². The number of amides is 1. The Bertz CT molecular complexity index is 1070. The zero-order valence-electron chi connectivity index (χ0n) is 16.3. The van der Waals surface area contributed by atoms with Gasteiger partial charge in [0, 0.05) is 22.3 Å². The minimum atomic E-state index is -0.568. The first-order valence-corrected chi connectivity index (χ1v) is 9.85. The lowest BCUT2D eigenvalue weighted by Gasteiger charge is -2.22. The predicted octanol–water partition coefficient (Wildman–Crippen LogP) is 4.37. The highest BCUT2D eigenvalue weighted by molar-refractivity contribution is 9.10. The molecule has 154 valence electrons. The van der Waals surface area contributed by atoms with Crippen molar-refractivity contribution in [3.63, 3.8) is 0 Å². The van der Waals surface area contributed by atoms with Gasteiger partial charge in [0.05, 0.1) is 4.92 Å². The Morgan fingerprint density at radius 3 is 2.57 bits per heavy atom. The number of rotatable bonds is 7. The number of halogens is 1. The smallest absolute Gasteiger partial charge is 0.321 e. The van der Waals surface area contributed by atoms with Crippen LogP contribution in [0.3, 0.4) is 0 Å². The summed E-state index contributed by atoms with van der Waals surface area (Å²) in [7, 11) is 0. The zero-order valence-corrected chi connectivity index (χ0v) is 17.9. The van der Waals surface area contributed by atoms with Crippen molar-refractivity contribution >= 4 is 44.8 Å². The van der Waals surface area contributed by atoms with Gasteiger partial charge in [-0.2, -0.15) is 0 Å². The van der Waals surface area contributed by atoms with Crippen LogP contribution in [0.4, 0.5) is 23.0 Å². The van der Waals surface area contributed by atoms with E-state index in [1.807, 2.05) is 38.1 Å². The second-order valence-electron chi connectivity index (χ2n) is 6.32. The third kappa shape index (κ3) is 4.71. The third-order valence-corrected chi connectivity index (χ3v) is 4.80. The molecule has 0 aliphatic rings. The maximum absolute atomic E-state index is 12.3. The molecule has 3 rings (SSSR count). The molecule has 1 heterocycles. The molecule has 9 nitrogen and oxygen atoms in total. The van der Waals surface area contributed by atoms with Crippen molar-refractivity contribution in [3.05, 3.63) is 80.6 Å². The number of hydrogen-bond acceptors (Lipinski definition) is 7. The molecule has 0 unspecified atom stereocenters. The van der Waals surface area contributed by atoms with Gasteiger partial charge in [0.1, 0.15) is 6.33 Å². The van der Waals surface area contributed by atoms with Gasteiger partial charge in [-0.3, -0.25) is 25.8 Å². The number of nitro groups is 1. The van der Waals surface area contributed by atoms with Gasteiger partial charge in [-0.1, -0.05) is 28.1 Å². The summed E-state index contributed by atoms with van der Waals surface area (Å²) in [6.45, 7) is 4.26. The largest absolute Gasteiger partial charge is 0.355 e. The van der Waals surface area contributed by atoms with E-state index in [-0.39, 0.29) is 17.3 Å². The average Bonchev–Trinajstić information content (AvgIpc) is 2.73. The van der Waals surface area contributed by atoms with Crippen LogP contribution >= 0.6 is 15.9 Å². The number of aromatic nitrogens is 2. The molecule has 1 aromatic heterocycles. The molecule has 0 atom stereocenters. The number of hydrazine groups is 1. The molecule has 30 heavy (non-hydrogen) atoms. The number of carbonyl (C=O) groups excluding carboxylic acids is 1. The summed E-state index contributed by atoms with van der Waals surface area (Å²) >= 11 is 3.30. The van der Waals surface area contributed by atoms with Crippen LogP contribution in [0.5, 0.6) is 0 Å². The van der Waals surface area contributed by atoms with Crippen molar-refractivity contribution in [2.45, 2.75) is 13.8 Å². The summed E-state index contributed by atoms with van der Waals surface area (Å²) in [6.07, 6.45) is 1.22. The summed E-state index contributed by atoms with van der Waals surface area (Å²) in [6, 6.07) is 14.3. The molecule has 0 fully saturated rings. The molecule has 3 aromatic rings. The van der Waals surface area contributed by atoms with Crippen molar-refractivity contribution in [2.75, 3.05) is 16.9 Å². The fraction of sp³-hybridized carbons (Fsp3) is 0.150. The van der Waals surface area contributed by atoms with Gasteiger partial charge in [0.25, 0.3) is 5.91 Å². The fourth-order valence-electron chi connectivity index (χ4n) is 2.87. The SMILES string of the molecule is CCN(c1cccc(C)c1)c1ncnc(NNC(=O)c2ccc(Br)cc2)c1[N+](=O)[O-]. The van der Waals surface area contributed by atoms with Gasteiger partial charge >= 0.3 is 5.69 Å². The normalized spacial score (nSPS) is 10.4. The molecule has 0 bridgehead atoms. The van der Waals surface area contributed by atoms with E-state index in [0.717, 1.165) is 15.7 Å². The zero-order chi connectivity index (χ0) is 21.7. The number of nitrogens with one attached hydrogen (secondary N) is 2. The molecule has 0 saturated heterocycles. The highest BCUT2D eigenvalue weighted by atomic mass is 79.9. The Labute approximate surface area is 181 Å². The summed E-state index contributed by atoms with van der Waals surface area (Å²) in [5, 5.41) is 11.9. The van der Waals surface area contributed by atoms with Crippen LogP contribution in [-0.2, 0) is 0 Å². The maximum atomic E-state index is 12.3. The number of aryl methyl sites for hydroxylation is 1. The van der Waals surface area contributed by atoms with E-state index < -0.39 is 10.8 Å². The monoisotopic (exact) mass is 470 g/mol. The molecule has 0 aliphatic carbocycles. The summed E-state index contributed by atoms with van der Waals surface area (Å²) in [5.74, 6) is -0.437. The minimum Gasteiger partial charge on any atom is -0.321 e. The second-order valence-corrected chi connectivity index (χ2v) is 7.24. The van der Waals surface area contributed by atoms with Crippen molar-refractivity contribution < 1.29 is 9.72 Å². The van der Waals surface area contributed by atoms with Crippen LogP contribution in [0, 0.1) is 17.0 Å². The van der Waals surface area contributed by atoms with E-state index in [1.54, 1.807) is 29.2 Å². The molecule has 10 heteroatoms. The van der Waals surface area contributed by atoms with Crippen LogP contribution < -0.4 is 15.8 Å². The Morgan fingerprint density at radius 2 is 1.93 bits per heavy atom. The Hall–Kier alpha value is -3.53. The lowest BCUT2D eigenvalue weighted by Crippen LogP contribution is -2.30. The quantitative estimate of drug-likeness (QED) is 0.389. The Morgan fingerprint density at radius 1 is 1.20 bits per heavy atom. The van der Waals surface area contributed by atoms with E-state index in [4.69, 9.17) is 0 Å². The van der Waals surface area contributed by atoms with Gasteiger partial charge in [0.2, 0.25) is 11.6 Å².